The monoisotopic (exact) mass is 250 g/mol. The van der Waals surface area contributed by atoms with Gasteiger partial charge in [0.15, 0.2) is 0 Å². The molecule has 3 heteroatoms. The quantitative estimate of drug-likeness (QED) is 0.813. The molecule has 0 aromatic heterocycles. The highest BCUT2D eigenvalue weighted by Gasteiger charge is 1.94. The smallest absolute Gasteiger partial charge is 0.123 e. The Bertz CT molecular complexity index is 428. The van der Waals surface area contributed by atoms with Crippen LogP contribution in [0.3, 0.4) is 0 Å². The number of rotatable bonds is 4. The summed E-state index contributed by atoms with van der Waals surface area (Å²) in [6.07, 6.45) is 0. The lowest BCUT2D eigenvalue weighted by Crippen LogP contribution is -3.00. The van der Waals surface area contributed by atoms with E-state index in [1.807, 2.05) is 18.2 Å². The van der Waals surface area contributed by atoms with E-state index in [2.05, 4.69) is 17.4 Å². The standard InChI is InChI=1S/C14H14FN.ClH/c15-14-8-6-13(7-9-14)11-16-10-12-4-2-1-3-5-12;/h1-9,16H,10-11H2;1H/p-1. The Hall–Kier alpha value is -1.38. The highest BCUT2D eigenvalue weighted by Crippen LogP contribution is 2.03. The van der Waals surface area contributed by atoms with Gasteiger partial charge in [0.1, 0.15) is 5.82 Å². The molecule has 0 unspecified atom stereocenters. The number of benzene rings is 2. The SMILES string of the molecule is Fc1ccc(CNCc2ccccc2)cc1.[Cl-]. The first-order valence-electron chi connectivity index (χ1n) is 5.34. The van der Waals surface area contributed by atoms with E-state index in [0.717, 1.165) is 18.7 Å². The molecule has 0 atom stereocenters. The summed E-state index contributed by atoms with van der Waals surface area (Å²) < 4.78 is 12.7. The van der Waals surface area contributed by atoms with Gasteiger partial charge in [0.05, 0.1) is 0 Å². The minimum absolute atomic E-state index is 0. The molecule has 2 aromatic rings. The maximum Gasteiger partial charge on any atom is 0.123 e. The number of nitrogens with one attached hydrogen (secondary N) is 1. The first-order chi connectivity index (χ1) is 7.84. The second kappa shape index (κ2) is 7.05. The van der Waals surface area contributed by atoms with E-state index >= 15 is 0 Å². The average molecular weight is 251 g/mol. The second-order valence-electron chi connectivity index (χ2n) is 3.72. The van der Waals surface area contributed by atoms with Crippen molar-refractivity contribution in [3.05, 3.63) is 71.5 Å². The van der Waals surface area contributed by atoms with Gasteiger partial charge < -0.3 is 17.7 Å². The molecule has 0 spiro atoms. The number of hydrogen-bond acceptors (Lipinski definition) is 1. The summed E-state index contributed by atoms with van der Waals surface area (Å²) in [6.45, 7) is 1.59. The Morgan fingerprint density at radius 1 is 0.765 bits per heavy atom. The molecule has 2 rings (SSSR count). The third-order valence-corrected chi connectivity index (χ3v) is 2.41. The van der Waals surface area contributed by atoms with Crippen molar-refractivity contribution in [2.45, 2.75) is 13.1 Å². The van der Waals surface area contributed by atoms with Crippen LogP contribution in [0.25, 0.3) is 0 Å². The van der Waals surface area contributed by atoms with Gasteiger partial charge in [-0.1, -0.05) is 42.5 Å². The van der Waals surface area contributed by atoms with Crippen LogP contribution in [0, 0.1) is 5.82 Å². The lowest BCUT2D eigenvalue weighted by molar-refractivity contribution is -0.00000387. The van der Waals surface area contributed by atoms with Gasteiger partial charge >= 0.3 is 0 Å². The van der Waals surface area contributed by atoms with Crippen LogP contribution in [-0.4, -0.2) is 0 Å². The van der Waals surface area contributed by atoms with Gasteiger partial charge in [-0.2, -0.15) is 0 Å². The molecule has 0 amide bonds. The third kappa shape index (κ3) is 4.55. The Labute approximate surface area is 107 Å². The Kier molecular flexibility index (Phi) is 5.67. The lowest BCUT2D eigenvalue weighted by Gasteiger charge is -2.04. The number of halogens is 2. The first kappa shape index (κ1) is 13.7. The van der Waals surface area contributed by atoms with Gasteiger partial charge in [0, 0.05) is 13.1 Å². The van der Waals surface area contributed by atoms with Gasteiger partial charge in [-0.3, -0.25) is 0 Å². The van der Waals surface area contributed by atoms with Gasteiger partial charge in [0.25, 0.3) is 0 Å². The van der Waals surface area contributed by atoms with Crippen molar-refractivity contribution in [3.63, 3.8) is 0 Å². The largest absolute Gasteiger partial charge is 1.00 e. The van der Waals surface area contributed by atoms with Crippen molar-refractivity contribution in [1.82, 2.24) is 5.32 Å². The summed E-state index contributed by atoms with van der Waals surface area (Å²) >= 11 is 0. The molecule has 1 nitrogen and oxygen atoms in total. The minimum atomic E-state index is -0.188. The van der Waals surface area contributed by atoms with Crippen LogP contribution in [0.4, 0.5) is 4.39 Å². The molecule has 0 fully saturated rings. The maximum atomic E-state index is 12.7. The molecule has 0 bridgehead atoms. The summed E-state index contributed by atoms with van der Waals surface area (Å²) in [4.78, 5) is 0. The van der Waals surface area contributed by atoms with Crippen molar-refractivity contribution < 1.29 is 16.8 Å². The summed E-state index contributed by atoms with van der Waals surface area (Å²) in [5.41, 5.74) is 2.35. The van der Waals surface area contributed by atoms with Crippen LogP contribution in [-0.2, 0) is 13.1 Å². The molecule has 0 saturated heterocycles. The first-order valence-corrected chi connectivity index (χ1v) is 5.34. The molecule has 0 heterocycles. The Morgan fingerprint density at radius 3 is 1.88 bits per heavy atom. The van der Waals surface area contributed by atoms with Crippen LogP contribution in [0.15, 0.2) is 54.6 Å². The van der Waals surface area contributed by atoms with Crippen molar-refractivity contribution in [1.29, 1.82) is 0 Å². The zero-order chi connectivity index (χ0) is 11.2. The van der Waals surface area contributed by atoms with E-state index in [9.17, 15) is 4.39 Å². The summed E-state index contributed by atoms with van der Waals surface area (Å²) in [5.74, 6) is -0.188. The van der Waals surface area contributed by atoms with Crippen molar-refractivity contribution in [3.8, 4) is 0 Å². The maximum absolute atomic E-state index is 12.7. The fourth-order valence-corrected chi connectivity index (χ4v) is 1.55. The van der Waals surface area contributed by atoms with Crippen LogP contribution in [0.1, 0.15) is 11.1 Å². The third-order valence-electron chi connectivity index (χ3n) is 2.41. The summed E-state index contributed by atoms with van der Waals surface area (Å²) in [7, 11) is 0. The molecular formula is C14H14ClFN-. The fourth-order valence-electron chi connectivity index (χ4n) is 1.55. The van der Waals surface area contributed by atoms with E-state index in [-0.39, 0.29) is 18.2 Å². The van der Waals surface area contributed by atoms with Crippen LogP contribution in [0.5, 0.6) is 0 Å². The summed E-state index contributed by atoms with van der Waals surface area (Å²) in [6, 6.07) is 16.8. The van der Waals surface area contributed by atoms with Gasteiger partial charge in [-0.15, -0.1) is 0 Å². The summed E-state index contributed by atoms with van der Waals surface area (Å²) in [5, 5.41) is 3.31. The predicted molar refractivity (Wildman–Crippen MR) is 63.4 cm³/mol. The zero-order valence-electron chi connectivity index (χ0n) is 9.37. The van der Waals surface area contributed by atoms with E-state index in [1.54, 1.807) is 12.1 Å². The molecular weight excluding hydrogens is 237 g/mol. The highest BCUT2D eigenvalue weighted by molar-refractivity contribution is 5.17. The van der Waals surface area contributed by atoms with E-state index in [4.69, 9.17) is 0 Å². The normalized spacial score (nSPS) is 9.71. The molecule has 0 aliphatic carbocycles. The molecule has 0 radical (unpaired) electrons. The topological polar surface area (TPSA) is 12.0 Å². The zero-order valence-corrected chi connectivity index (χ0v) is 10.1. The van der Waals surface area contributed by atoms with Crippen molar-refractivity contribution >= 4 is 0 Å². The fraction of sp³-hybridized carbons (Fsp3) is 0.143. The number of hydrogen-bond donors (Lipinski definition) is 1. The lowest BCUT2D eigenvalue weighted by atomic mass is 10.2. The van der Waals surface area contributed by atoms with Gasteiger partial charge in [0.2, 0.25) is 0 Å². The second-order valence-corrected chi connectivity index (χ2v) is 3.72. The molecule has 2 aromatic carbocycles. The molecule has 0 aliphatic heterocycles. The van der Waals surface area contributed by atoms with Crippen LogP contribution >= 0.6 is 0 Å². The highest BCUT2D eigenvalue weighted by atomic mass is 35.5. The Balaban J connectivity index is 0.00000144. The molecule has 1 N–H and O–H groups in total. The van der Waals surface area contributed by atoms with Crippen LogP contribution in [0.2, 0.25) is 0 Å². The average Bonchev–Trinajstić information content (AvgIpc) is 2.33. The predicted octanol–water partition coefficient (Wildman–Crippen LogP) is 0.119. The molecule has 90 valence electrons. The molecule has 17 heavy (non-hydrogen) atoms. The minimum Gasteiger partial charge on any atom is -1.00 e. The van der Waals surface area contributed by atoms with Crippen molar-refractivity contribution in [2.24, 2.45) is 0 Å². The molecule has 0 saturated carbocycles. The van der Waals surface area contributed by atoms with E-state index in [1.165, 1.54) is 17.7 Å². The molecule has 0 aliphatic rings. The van der Waals surface area contributed by atoms with Crippen molar-refractivity contribution in [2.75, 3.05) is 0 Å². The van der Waals surface area contributed by atoms with E-state index < -0.39 is 0 Å². The van der Waals surface area contributed by atoms with Crippen LogP contribution < -0.4 is 17.7 Å². The van der Waals surface area contributed by atoms with E-state index in [0.29, 0.717) is 0 Å². The van der Waals surface area contributed by atoms with Gasteiger partial charge in [-0.05, 0) is 23.3 Å². The Morgan fingerprint density at radius 2 is 1.29 bits per heavy atom. The van der Waals surface area contributed by atoms with Gasteiger partial charge in [-0.25, -0.2) is 4.39 Å².